The van der Waals surface area contributed by atoms with E-state index in [1.807, 2.05) is 4.90 Å². The maximum Gasteiger partial charge on any atom is 0.282 e. The van der Waals surface area contributed by atoms with Crippen molar-refractivity contribution < 1.29 is 13.6 Å². The molecule has 2 heterocycles. The van der Waals surface area contributed by atoms with Crippen molar-refractivity contribution in [3.8, 4) is 0 Å². The Labute approximate surface area is 120 Å². The van der Waals surface area contributed by atoms with Crippen LogP contribution in [0.15, 0.2) is 5.16 Å². The lowest BCUT2D eigenvalue weighted by molar-refractivity contribution is 0.194. The molecule has 2 saturated heterocycles. The van der Waals surface area contributed by atoms with Gasteiger partial charge >= 0.3 is 0 Å². The summed E-state index contributed by atoms with van der Waals surface area (Å²) in [5.41, 5.74) is 5.46. The molecule has 2 fully saturated rings. The van der Waals surface area contributed by atoms with Gasteiger partial charge in [0.1, 0.15) is 0 Å². The summed E-state index contributed by atoms with van der Waals surface area (Å²) in [6.07, 6.45) is 3.00. The molecular weight excluding hydrogens is 282 g/mol. The van der Waals surface area contributed by atoms with Crippen LogP contribution in [0.1, 0.15) is 19.3 Å². The molecule has 2 rings (SSSR count). The molecule has 0 atom stereocenters. The van der Waals surface area contributed by atoms with Gasteiger partial charge in [0.2, 0.25) is 0 Å². The molecule has 0 aromatic heterocycles. The zero-order chi connectivity index (χ0) is 14.6. The minimum atomic E-state index is -3.31. The molecule has 0 aromatic rings. The number of nitrogens with zero attached hydrogens (tertiary/aromatic N) is 4. The van der Waals surface area contributed by atoms with E-state index < -0.39 is 10.2 Å². The molecule has 2 aliphatic heterocycles. The first-order valence-corrected chi connectivity index (χ1v) is 8.37. The van der Waals surface area contributed by atoms with E-state index in [0.29, 0.717) is 45.8 Å². The standard InChI is InChI=1S/C11H23N5O3S/c12-11(13-17)10-14-6-8-16(9-7-14)20(18,19)15-4-2-1-3-5-15/h17H,1-10H2,(H2,12,13). The lowest BCUT2D eigenvalue weighted by Gasteiger charge is -2.37. The van der Waals surface area contributed by atoms with E-state index in [1.165, 1.54) is 0 Å². The van der Waals surface area contributed by atoms with Crippen LogP contribution in [0.3, 0.4) is 0 Å². The number of rotatable bonds is 4. The van der Waals surface area contributed by atoms with Crippen LogP contribution in [-0.2, 0) is 10.2 Å². The summed E-state index contributed by atoms with van der Waals surface area (Å²) >= 11 is 0. The van der Waals surface area contributed by atoms with Gasteiger partial charge in [0.05, 0.1) is 6.54 Å². The quantitative estimate of drug-likeness (QED) is 0.303. The minimum absolute atomic E-state index is 0.150. The number of oxime groups is 1. The first-order chi connectivity index (χ1) is 9.54. The van der Waals surface area contributed by atoms with Crippen LogP contribution < -0.4 is 5.73 Å². The summed E-state index contributed by atoms with van der Waals surface area (Å²) in [6, 6.07) is 0. The van der Waals surface area contributed by atoms with E-state index >= 15 is 0 Å². The molecule has 116 valence electrons. The van der Waals surface area contributed by atoms with Gasteiger partial charge in [0.15, 0.2) is 5.84 Å². The fraction of sp³-hybridized carbons (Fsp3) is 0.909. The second kappa shape index (κ2) is 6.70. The third kappa shape index (κ3) is 3.60. The van der Waals surface area contributed by atoms with E-state index in [-0.39, 0.29) is 5.84 Å². The Morgan fingerprint density at radius 1 is 1.00 bits per heavy atom. The average Bonchev–Trinajstić information content (AvgIpc) is 2.48. The molecule has 0 saturated carbocycles. The third-order valence-electron chi connectivity index (χ3n) is 3.81. The SMILES string of the molecule is NC(CN1CCN(S(=O)(=O)N2CCCCC2)CC1)=NO. The zero-order valence-electron chi connectivity index (χ0n) is 11.6. The van der Waals surface area contributed by atoms with Gasteiger partial charge in [-0.15, -0.1) is 0 Å². The van der Waals surface area contributed by atoms with E-state index in [0.717, 1.165) is 19.3 Å². The number of piperazine rings is 1. The molecule has 0 unspecified atom stereocenters. The Morgan fingerprint density at radius 3 is 2.10 bits per heavy atom. The Kier molecular flexibility index (Phi) is 5.19. The Hall–Kier alpha value is -0.900. The fourth-order valence-corrected chi connectivity index (χ4v) is 4.31. The normalized spacial score (nSPS) is 24.9. The van der Waals surface area contributed by atoms with Crippen LogP contribution in [0.5, 0.6) is 0 Å². The molecule has 8 nitrogen and oxygen atoms in total. The van der Waals surface area contributed by atoms with Gasteiger partial charge in [0.25, 0.3) is 10.2 Å². The second-order valence-corrected chi connectivity index (χ2v) is 7.16. The van der Waals surface area contributed by atoms with Crippen molar-refractivity contribution in [3.05, 3.63) is 0 Å². The van der Waals surface area contributed by atoms with Gasteiger partial charge in [-0.3, -0.25) is 4.90 Å². The van der Waals surface area contributed by atoms with E-state index in [2.05, 4.69) is 5.16 Å². The van der Waals surface area contributed by atoms with Crippen molar-refractivity contribution in [2.24, 2.45) is 10.9 Å². The molecule has 0 spiro atoms. The second-order valence-electron chi connectivity index (χ2n) is 5.23. The van der Waals surface area contributed by atoms with Crippen molar-refractivity contribution in [1.29, 1.82) is 0 Å². The number of nitrogens with two attached hydrogens (primary N) is 1. The molecular formula is C11H23N5O3S. The zero-order valence-corrected chi connectivity index (χ0v) is 12.4. The lowest BCUT2D eigenvalue weighted by Crippen LogP contribution is -2.54. The number of hydrogen-bond donors (Lipinski definition) is 2. The number of amidine groups is 1. The topological polar surface area (TPSA) is 102 Å². The fourth-order valence-electron chi connectivity index (χ4n) is 2.64. The van der Waals surface area contributed by atoms with Crippen LogP contribution in [0.4, 0.5) is 0 Å². The summed E-state index contributed by atoms with van der Waals surface area (Å²) in [5, 5.41) is 11.5. The first-order valence-electron chi connectivity index (χ1n) is 6.98. The molecule has 0 amide bonds. The van der Waals surface area contributed by atoms with Crippen molar-refractivity contribution in [3.63, 3.8) is 0 Å². The molecule has 0 aromatic carbocycles. The van der Waals surface area contributed by atoms with Gasteiger partial charge < -0.3 is 10.9 Å². The summed E-state index contributed by atoms with van der Waals surface area (Å²) in [6.45, 7) is 3.75. The highest BCUT2D eigenvalue weighted by molar-refractivity contribution is 7.86. The van der Waals surface area contributed by atoms with Crippen LogP contribution in [0, 0.1) is 0 Å². The monoisotopic (exact) mass is 305 g/mol. The first kappa shape index (κ1) is 15.5. The van der Waals surface area contributed by atoms with Crippen LogP contribution >= 0.6 is 0 Å². The Bertz CT molecular complexity index is 439. The van der Waals surface area contributed by atoms with Crippen molar-refractivity contribution >= 4 is 16.0 Å². The van der Waals surface area contributed by atoms with Gasteiger partial charge in [-0.1, -0.05) is 11.6 Å². The predicted molar refractivity (Wildman–Crippen MR) is 75.8 cm³/mol. The van der Waals surface area contributed by atoms with E-state index in [9.17, 15) is 8.42 Å². The highest BCUT2D eigenvalue weighted by atomic mass is 32.2. The lowest BCUT2D eigenvalue weighted by atomic mass is 10.2. The van der Waals surface area contributed by atoms with Crippen LogP contribution in [0.25, 0.3) is 0 Å². The Balaban J connectivity index is 1.89. The summed E-state index contributed by atoms with van der Waals surface area (Å²) in [7, 11) is -3.31. The van der Waals surface area contributed by atoms with Crippen molar-refractivity contribution in [1.82, 2.24) is 13.5 Å². The van der Waals surface area contributed by atoms with E-state index in [1.54, 1.807) is 8.61 Å². The van der Waals surface area contributed by atoms with Crippen molar-refractivity contribution in [2.75, 3.05) is 45.8 Å². The molecule has 0 radical (unpaired) electrons. The predicted octanol–water partition coefficient (Wildman–Crippen LogP) is -0.919. The molecule has 0 bridgehead atoms. The largest absolute Gasteiger partial charge is 0.409 e. The van der Waals surface area contributed by atoms with Crippen LogP contribution in [0.2, 0.25) is 0 Å². The van der Waals surface area contributed by atoms with Gasteiger partial charge in [-0.2, -0.15) is 17.0 Å². The van der Waals surface area contributed by atoms with E-state index in [4.69, 9.17) is 10.9 Å². The highest BCUT2D eigenvalue weighted by Gasteiger charge is 2.32. The van der Waals surface area contributed by atoms with Crippen molar-refractivity contribution in [2.45, 2.75) is 19.3 Å². The Morgan fingerprint density at radius 2 is 1.55 bits per heavy atom. The molecule has 2 aliphatic rings. The maximum atomic E-state index is 12.5. The highest BCUT2D eigenvalue weighted by Crippen LogP contribution is 2.17. The molecule has 20 heavy (non-hydrogen) atoms. The van der Waals surface area contributed by atoms with Gasteiger partial charge in [0, 0.05) is 39.3 Å². The number of hydrogen-bond acceptors (Lipinski definition) is 5. The maximum absolute atomic E-state index is 12.5. The van der Waals surface area contributed by atoms with Gasteiger partial charge in [-0.25, -0.2) is 0 Å². The molecule has 3 N–H and O–H groups in total. The molecule has 9 heteroatoms. The van der Waals surface area contributed by atoms with Gasteiger partial charge in [-0.05, 0) is 12.8 Å². The smallest absolute Gasteiger partial charge is 0.282 e. The summed E-state index contributed by atoms with van der Waals surface area (Å²) in [5.74, 6) is 0.150. The third-order valence-corrected chi connectivity index (χ3v) is 5.85. The summed E-state index contributed by atoms with van der Waals surface area (Å²) < 4.78 is 28.1. The van der Waals surface area contributed by atoms with Crippen LogP contribution in [-0.4, -0.2) is 78.8 Å². The number of piperidine rings is 1. The summed E-state index contributed by atoms with van der Waals surface area (Å²) in [4.78, 5) is 1.98. The average molecular weight is 305 g/mol. The minimum Gasteiger partial charge on any atom is -0.409 e. The molecule has 0 aliphatic carbocycles.